The summed E-state index contributed by atoms with van der Waals surface area (Å²) >= 11 is 0. The molecule has 70 valence electrons. The van der Waals surface area contributed by atoms with E-state index in [1.807, 2.05) is 24.3 Å². The molecule has 14 heavy (non-hydrogen) atoms. The van der Waals surface area contributed by atoms with E-state index in [0.29, 0.717) is 5.82 Å². The Labute approximate surface area is 82.6 Å². The first-order valence-corrected chi connectivity index (χ1v) is 4.40. The van der Waals surface area contributed by atoms with Gasteiger partial charge in [0.25, 0.3) is 0 Å². The molecule has 0 saturated carbocycles. The number of anilines is 1. The lowest BCUT2D eigenvalue weighted by Crippen LogP contribution is -1.92. The van der Waals surface area contributed by atoms with Gasteiger partial charge in [-0.15, -0.1) is 0 Å². The molecule has 0 aliphatic carbocycles. The summed E-state index contributed by atoms with van der Waals surface area (Å²) in [5.74, 6) is 0.496. The standard InChI is InChI=1S/C11H11N3/c1-8-2-4-9(5-3-8)10-6-11(12)14-7-13-10/h2-7H,1H3,(H2,12,13,14). The summed E-state index contributed by atoms with van der Waals surface area (Å²) in [5, 5.41) is 0. The number of hydrogen-bond donors (Lipinski definition) is 1. The van der Waals surface area contributed by atoms with Gasteiger partial charge in [0, 0.05) is 11.6 Å². The molecule has 2 aromatic rings. The highest BCUT2D eigenvalue weighted by Crippen LogP contribution is 2.17. The SMILES string of the molecule is Cc1ccc(-c2cc(N)ncn2)cc1. The molecule has 3 nitrogen and oxygen atoms in total. The highest BCUT2D eigenvalue weighted by molar-refractivity contribution is 5.61. The van der Waals surface area contributed by atoms with Crippen molar-refractivity contribution in [3.63, 3.8) is 0 Å². The zero-order valence-corrected chi connectivity index (χ0v) is 7.94. The first-order valence-electron chi connectivity index (χ1n) is 4.40. The molecule has 2 N–H and O–H groups in total. The minimum absolute atomic E-state index is 0.496. The van der Waals surface area contributed by atoms with Crippen molar-refractivity contribution in [2.45, 2.75) is 6.92 Å². The number of nitrogens with two attached hydrogens (primary N) is 1. The molecule has 2 rings (SSSR count). The quantitative estimate of drug-likeness (QED) is 0.739. The van der Waals surface area contributed by atoms with Crippen LogP contribution in [-0.2, 0) is 0 Å². The molecule has 0 saturated heterocycles. The summed E-state index contributed by atoms with van der Waals surface area (Å²) < 4.78 is 0. The van der Waals surface area contributed by atoms with Crippen molar-refractivity contribution in [3.05, 3.63) is 42.2 Å². The van der Waals surface area contributed by atoms with Gasteiger partial charge in [0.2, 0.25) is 0 Å². The third-order valence-electron chi connectivity index (χ3n) is 2.04. The molecule has 0 bridgehead atoms. The maximum absolute atomic E-state index is 5.57. The summed E-state index contributed by atoms with van der Waals surface area (Å²) in [6.45, 7) is 2.05. The lowest BCUT2D eigenvalue weighted by Gasteiger charge is -2.01. The van der Waals surface area contributed by atoms with Gasteiger partial charge in [-0.3, -0.25) is 0 Å². The monoisotopic (exact) mass is 185 g/mol. The molecular weight excluding hydrogens is 174 g/mol. The molecule has 0 amide bonds. The van der Waals surface area contributed by atoms with Crippen LogP contribution < -0.4 is 5.73 Å². The maximum atomic E-state index is 5.57. The zero-order chi connectivity index (χ0) is 9.97. The maximum Gasteiger partial charge on any atom is 0.127 e. The van der Waals surface area contributed by atoms with Crippen LogP contribution in [0.1, 0.15) is 5.56 Å². The molecule has 0 radical (unpaired) electrons. The van der Waals surface area contributed by atoms with Gasteiger partial charge >= 0.3 is 0 Å². The van der Waals surface area contributed by atoms with E-state index >= 15 is 0 Å². The van der Waals surface area contributed by atoms with Crippen LogP contribution in [0.5, 0.6) is 0 Å². The van der Waals surface area contributed by atoms with E-state index in [0.717, 1.165) is 11.3 Å². The van der Waals surface area contributed by atoms with Crippen LogP contribution in [0.2, 0.25) is 0 Å². The Kier molecular flexibility index (Phi) is 2.14. The van der Waals surface area contributed by atoms with Crippen LogP contribution in [0.15, 0.2) is 36.7 Å². The Bertz CT molecular complexity index is 435. The second-order valence-corrected chi connectivity index (χ2v) is 3.19. The second kappa shape index (κ2) is 3.46. The van der Waals surface area contributed by atoms with Gasteiger partial charge in [-0.25, -0.2) is 9.97 Å². The predicted octanol–water partition coefficient (Wildman–Crippen LogP) is 2.03. The molecule has 0 aliphatic rings. The molecule has 1 aromatic heterocycles. The van der Waals surface area contributed by atoms with E-state index in [9.17, 15) is 0 Å². The summed E-state index contributed by atoms with van der Waals surface area (Å²) in [5.41, 5.74) is 8.73. The Balaban J connectivity index is 2.44. The largest absolute Gasteiger partial charge is 0.384 e. The van der Waals surface area contributed by atoms with E-state index in [4.69, 9.17) is 5.73 Å². The van der Waals surface area contributed by atoms with Crippen molar-refractivity contribution in [3.8, 4) is 11.3 Å². The predicted molar refractivity (Wildman–Crippen MR) is 56.6 cm³/mol. The summed E-state index contributed by atoms with van der Waals surface area (Å²) in [7, 11) is 0. The molecule has 1 aromatic carbocycles. The fourth-order valence-corrected chi connectivity index (χ4v) is 1.25. The molecule has 0 atom stereocenters. The smallest absolute Gasteiger partial charge is 0.127 e. The average Bonchev–Trinajstić information content (AvgIpc) is 2.19. The third-order valence-corrected chi connectivity index (χ3v) is 2.04. The van der Waals surface area contributed by atoms with E-state index in [1.165, 1.54) is 11.9 Å². The van der Waals surface area contributed by atoms with Crippen LogP contribution in [-0.4, -0.2) is 9.97 Å². The van der Waals surface area contributed by atoms with Gasteiger partial charge in [0.1, 0.15) is 12.1 Å². The van der Waals surface area contributed by atoms with Crippen molar-refractivity contribution < 1.29 is 0 Å². The first kappa shape index (κ1) is 8.69. The van der Waals surface area contributed by atoms with Crippen LogP contribution in [0.25, 0.3) is 11.3 Å². The van der Waals surface area contributed by atoms with Crippen molar-refractivity contribution in [2.24, 2.45) is 0 Å². The van der Waals surface area contributed by atoms with Gasteiger partial charge in [-0.05, 0) is 6.92 Å². The Morgan fingerprint density at radius 1 is 1.07 bits per heavy atom. The third kappa shape index (κ3) is 1.71. The van der Waals surface area contributed by atoms with Crippen molar-refractivity contribution in [1.82, 2.24) is 9.97 Å². The van der Waals surface area contributed by atoms with Crippen LogP contribution in [0.3, 0.4) is 0 Å². The topological polar surface area (TPSA) is 51.8 Å². The fraction of sp³-hybridized carbons (Fsp3) is 0.0909. The van der Waals surface area contributed by atoms with Gasteiger partial charge in [-0.2, -0.15) is 0 Å². The van der Waals surface area contributed by atoms with E-state index in [2.05, 4.69) is 16.9 Å². The number of nitrogen functional groups attached to an aromatic ring is 1. The summed E-state index contributed by atoms with van der Waals surface area (Å²) in [4.78, 5) is 8.00. The Hall–Kier alpha value is -1.90. The normalized spacial score (nSPS) is 10.1. The Morgan fingerprint density at radius 2 is 1.79 bits per heavy atom. The number of hydrogen-bond acceptors (Lipinski definition) is 3. The van der Waals surface area contributed by atoms with Gasteiger partial charge in [0.05, 0.1) is 5.69 Å². The Morgan fingerprint density at radius 3 is 2.43 bits per heavy atom. The fourth-order valence-electron chi connectivity index (χ4n) is 1.25. The first-order chi connectivity index (χ1) is 6.75. The van der Waals surface area contributed by atoms with E-state index < -0.39 is 0 Å². The lowest BCUT2D eigenvalue weighted by molar-refractivity contribution is 1.18. The number of benzene rings is 1. The molecule has 1 heterocycles. The molecule has 0 fully saturated rings. The molecule has 3 heteroatoms. The molecule has 0 aliphatic heterocycles. The van der Waals surface area contributed by atoms with Crippen molar-refractivity contribution >= 4 is 5.82 Å². The highest BCUT2D eigenvalue weighted by atomic mass is 14.9. The zero-order valence-electron chi connectivity index (χ0n) is 7.94. The average molecular weight is 185 g/mol. The minimum Gasteiger partial charge on any atom is -0.384 e. The van der Waals surface area contributed by atoms with E-state index in [-0.39, 0.29) is 0 Å². The van der Waals surface area contributed by atoms with Gasteiger partial charge in [0.15, 0.2) is 0 Å². The number of nitrogens with zero attached hydrogens (tertiary/aromatic N) is 2. The molecular formula is C11H11N3. The van der Waals surface area contributed by atoms with Crippen LogP contribution in [0, 0.1) is 6.92 Å². The van der Waals surface area contributed by atoms with Crippen LogP contribution in [0.4, 0.5) is 5.82 Å². The molecule has 0 unspecified atom stereocenters. The number of rotatable bonds is 1. The highest BCUT2D eigenvalue weighted by Gasteiger charge is 1.98. The van der Waals surface area contributed by atoms with Gasteiger partial charge in [-0.1, -0.05) is 29.8 Å². The second-order valence-electron chi connectivity index (χ2n) is 3.19. The molecule has 0 spiro atoms. The lowest BCUT2D eigenvalue weighted by atomic mass is 10.1. The number of aryl methyl sites for hydroxylation is 1. The van der Waals surface area contributed by atoms with E-state index in [1.54, 1.807) is 6.07 Å². The summed E-state index contributed by atoms with van der Waals surface area (Å²) in [6.07, 6.45) is 1.48. The van der Waals surface area contributed by atoms with Crippen molar-refractivity contribution in [1.29, 1.82) is 0 Å². The van der Waals surface area contributed by atoms with Crippen LogP contribution >= 0.6 is 0 Å². The summed E-state index contributed by atoms with van der Waals surface area (Å²) in [6, 6.07) is 9.92. The van der Waals surface area contributed by atoms with Crippen molar-refractivity contribution in [2.75, 3.05) is 5.73 Å². The van der Waals surface area contributed by atoms with Gasteiger partial charge < -0.3 is 5.73 Å². The number of aromatic nitrogens is 2. The minimum atomic E-state index is 0.496.